The topological polar surface area (TPSA) is 0 Å². The van der Waals surface area contributed by atoms with Crippen molar-refractivity contribution in [2.24, 2.45) is 0 Å². The van der Waals surface area contributed by atoms with E-state index < -0.39 is 7.38 Å². The lowest BCUT2D eigenvalue weighted by Crippen LogP contribution is -2.14. The number of hydrogen-bond acceptors (Lipinski definition) is 0. The Morgan fingerprint density at radius 3 is 0.605 bits per heavy atom. The van der Waals surface area contributed by atoms with E-state index in [2.05, 4.69) is 13.1 Å². The van der Waals surface area contributed by atoms with E-state index in [1.54, 1.807) is 0 Å². The molecule has 0 amide bonds. The fraction of sp³-hybridized carbons (Fsp3) is 1.00. The molecule has 0 spiro atoms. The maximum Gasteiger partial charge on any atom is 0.150 e. The highest BCUT2D eigenvalue weighted by Crippen LogP contribution is 2.20. The van der Waals surface area contributed by atoms with E-state index in [1.165, 1.54) is 205 Å². The molecule has 0 heterocycles. The van der Waals surface area contributed by atoms with Crippen LogP contribution in [0.5, 0.6) is 0 Å². The Balaban J connectivity index is 3.04. The molecule has 0 unspecified atom stereocenters. The summed E-state index contributed by atoms with van der Waals surface area (Å²) in [5, 5.41) is 0. The van der Waals surface area contributed by atoms with Crippen LogP contribution in [0.2, 0.25) is 19.1 Å². The normalized spacial score (nSPS) is 12.0. The molecule has 0 nitrogen and oxygen atoms in total. The Morgan fingerprint density at radius 2 is 0.447 bits per heavy atom. The van der Waals surface area contributed by atoms with Crippen molar-refractivity contribution in [3.63, 3.8) is 0 Å². The zero-order valence-corrected chi connectivity index (χ0v) is 29.1. The molecule has 0 saturated carbocycles. The zero-order valence-electron chi connectivity index (χ0n) is 26.6. The van der Waals surface area contributed by atoms with Crippen LogP contribution in [0.1, 0.15) is 199 Å². The van der Waals surface area contributed by atoms with Crippen LogP contribution in [0.25, 0.3) is 0 Å². The molecule has 0 radical (unpaired) electrons. The fourth-order valence-electron chi connectivity index (χ4n) is 5.77. The van der Waals surface area contributed by atoms with Gasteiger partial charge in [0, 0.05) is 5.88 Å². The van der Waals surface area contributed by atoms with E-state index >= 15 is 0 Å². The molecular formula is C35H72Cl2Si. The first-order valence-electron chi connectivity index (χ1n) is 17.8. The van der Waals surface area contributed by atoms with Gasteiger partial charge in [0.1, 0.15) is 7.38 Å². The monoisotopic (exact) mass is 590 g/mol. The van der Waals surface area contributed by atoms with Gasteiger partial charge >= 0.3 is 0 Å². The van der Waals surface area contributed by atoms with Crippen molar-refractivity contribution in [2.75, 3.05) is 5.88 Å². The number of alkyl halides is 1. The van der Waals surface area contributed by atoms with Gasteiger partial charge in [-0.05, 0) is 12.5 Å². The summed E-state index contributed by atoms with van der Waals surface area (Å²) in [5.41, 5.74) is 0. The molecule has 230 valence electrons. The van der Waals surface area contributed by atoms with Crippen molar-refractivity contribution in [3.05, 3.63) is 0 Å². The molecule has 0 aliphatic rings. The molecule has 0 aromatic rings. The predicted octanol–water partition coefficient (Wildman–Crippen LogP) is 14.8. The number of rotatable bonds is 33. The summed E-state index contributed by atoms with van der Waals surface area (Å²) in [6.45, 7) is 4.55. The van der Waals surface area contributed by atoms with Gasteiger partial charge in [0.25, 0.3) is 0 Å². The van der Waals surface area contributed by atoms with Gasteiger partial charge in [-0.1, -0.05) is 206 Å². The second-order valence-corrected chi connectivity index (χ2v) is 20.5. The maximum absolute atomic E-state index is 6.39. The number of hydrogen-bond donors (Lipinski definition) is 0. The quantitative estimate of drug-likeness (QED) is 0.0308. The third-order valence-electron chi connectivity index (χ3n) is 8.40. The van der Waals surface area contributed by atoms with E-state index in [0.717, 1.165) is 5.88 Å². The lowest BCUT2D eigenvalue weighted by Gasteiger charge is -2.11. The van der Waals surface area contributed by atoms with Gasteiger partial charge in [-0.3, -0.25) is 0 Å². The van der Waals surface area contributed by atoms with E-state index in [-0.39, 0.29) is 0 Å². The summed E-state index contributed by atoms with van der Waals surface area (Å²) in [7, 11) is -1.31. The molecule has 0 saturated heterocycles. The largest absolute Gasteiger partial charge is 0.168 e. The second kappa shape index (κ2) is 32.3. The van der Waals surface area contributed by atoms with Crippen molar-refractivity contribution >= 4 is 30.1 Å². The third-order valence-corrected chi connectivity index (χ3v) is 10.8. The number of halogens is 2. The van der Waals surface area contributed by atoms with Crippen molar-refractivity contribution in [1.82, 2.24) is 0 Å². The first kappa shape index (κ1) is 38.8. The van der Waals surface area contributed by atoms with Crippen molar-refractivity contribution in [1.29, 1.82) is 0 Å². The molecule has 3 heteroatoms. The average molecular weight is 592 g/mol. The summed E-state index contributed by atoms with van der Waals surface area (Å²) < 4.78 is 0. The summed E-state index contributed by atoms with van der Waals surface area (Å²) in [4.78, 5) is 0. The summed E-state index contributed by atoms with van der Waals surface area (Å²) in [6, 6.07) is 1.30. The van der Waals surface area contributed by atoms with E-state index in [0.29, 0.717) is 0 Å². The second-order valence-electron chi connectivity index (χ2n) is 13.1. The smallest absolute Gasteiger partial charge is 0.150 e. The Hall–Kier alpha value is 0.797. The maximum atomic E-state index is 6.39. The van der Waals surface area contributed by atoms with Crippen LogP contribution in [0.4, 0.5) is 0 Å². The lowest BCUT2D eigenvalue weighted by molar-refractivity contribution is 0.513. The van der Waals surface area contributed by atoms with Gasteiger partial charge in [-0.25, -0.2) is 0 Å². The Kier molecular flexibility index (Phi) is 33.0. The van der Waals surface area contributed by atoms with Crippen molar-refractivity contribution < 1.29 is 0 Å². The molecule has 0 aromatic heterocycles. The average Bonchev–Trinajstić information content (AvgIpc) is 2.88. The summed E-state index contributed by atoms with van der Waals surface area (Å²) >= 11 is 12.1. The minimum Gasteiger partial charge on any atom is -0.168 e. The molecule has 0 atom stereocenters. The highest BCUT2D eigenvalue weighted by Gasteiger charge is 2.15. The molecule has 0 aliphatic heterocycles. The predicted molar refractivity (Wildman–Crippen MR) is 182 cm³/mol. The standard InChI is InChI=1S/C35H72Cl2Si/c1-38(2,37)35-33-31-29-27-25-23-21-19-17-15-13-11-9-7-5-3-4-6-8-10-12-14-16-18-20-22-24-26-28-30-32-34-36/h3-35H2,1-2H3. The Bertz CT molecular complexity index is 421. The SMILES string of the molecule is C[Si](C)(Cl)CCCCCCCCCCCCCCCCCCCCCCCCCCCCCCCCCCl. The molecular weight excluding hydrogens is 519 g/mol. The van der Waals surface area contributed by atoms with E-state index in [9.17, 15) is 0 Å². The van der Waals surface area contributed by atoms with Gasteiger partial charge in [-0.15, -0.1) is 11.6 Å². The van der Waals surface area contributed by atoms with Gasteiger partial charge in [0.2, 0.25) is 0 Å². The minimum absolute atomic E-state index is 0.845. The van der Waals surface area contributed by atoms with Crippen molar-refractivity contribution in [2.45, 2.75) is 218 Å². The van der Waals surface area contributed by atoms with Crippen LogP contribution >= 0.6 is 22.7 Å². The van der Waals surface area contributed by atoms with Crippen LogP contribution in [-0.2, 0) is 0 Å². The fourth-order valence-corrected chi connectivity index (χ4v) is 7.45. The first-order chi connectivity index (χ1) is 18.6. The Labute approximate surface area is 253 Å². The van der Waals surface area contributed by atoms with Crippen LogP contribution in [0.3, 0.4) is 0 Å². The molecule has 38 heavy (non-hydrogen) atoms. The van der Waals surface area contributed by atoms with Gasteiger partial charge in [0.15, 0.2) is 0 Å². The minimum atomic E-state index is -1.31. The third kappa shape index (κ3) is 36.8. The molecule has 0 aliphatic carbocycles. The number of unbranched alkanes of at least 4 members (excludes halogenated alkanes) is 30. The van der Waals surface area contributed by atoms with E-state index in [1.807, 2.05) is 0 Å². The summed E-state index contributed by atoms with van der Waals surface area (Å²) in [5.74, 6) is 0.845. The zero-order chi connectivity index (χ0) is 27.8. The van der Waals surface area contributed by atoms with Crippen LogP contribution in [0.15, 0.2) is 0 Å². The van der Waals surface area contributed by atoms with Gasteiger partial charge in [0.05, 0.1) is 0 Å². The summed E-state index contributed by atoms with van der Waals surface area (Å²) in [6.07, 6.45) is 44.9. The van der Waals surface area contributed by atoms with Crippen LogP contribution in [0, 0.1) is 0 Å². The highest BCUT2D eigenvalue weighted by atomic mass is 35.6. The molecule has 0 aromatic carbocycles. The Morgan fingerprint density at radius 1 is 0.289 bits per heavy atom. The van der Waals surface area contributed by atoms with Crippen molar-refractivity contribution in [3.8, 4) is 0 Å². The van der Waals surface area contributed by atoms with E-state index in [4.69, 9.17) is 22.7 Å². The van der Waals surface area contributed by atoms with Gasteiger partial charge < -0.3 is 0 Å². The van der Waals surface area contributed by atoms with Gasteiger partial charge in [-0.2, -0.15) is 11.1 Å². The first-order valence-corrected chi connectivity index (χ1v) is 22.6. The molecule has 0 fully saturated rings. The molecule has 0 rings (SSSR count). The molecule has 0 bridgehead atoms. The van der Waals surface area contributed by atoms with Crippen LogP contribution in [-0.4, -0.2) is 13.3 Å². The molecule has 0 N–H and O–H groups in total. The lowest BCUT2D eigenvalue weighted by atomic mass is 10.0. The highest BCUT2D eigenvalue weighted by molar-refractivity contribution is 7.19. The van der Waals surface area contributed by atoms with Crippen LogP contribution < -0.4 is 0 Å².